The zero-order valence-corrected chi connectivity index (χ0v) is 11.6. The molecule has 2 aliphatic rings. The Morgan fingerprint density at radius 1 is 1.28 bits per heavy atom. The van der Waals surface area contributed by atoms with Crippen molar-refractivity contribution in [2.24, 2.45) is 5.92 Å². The Morgan fingerprint density at radius 3 is 2.61 bits per heavy atom. The van der Waals surface area contributed by atoms with Gasteiger partial charge in [0.15, 0.2) is 0 Å². The van der Waals surface area contributed by atoms with E-state index in [1.165, 1.54) is 25.7 Å². The van der Waals surface area contributed by atoms with E-state index in [2.05, 4.69) is 17.1 Å². The number of nitrogens with one attached hydrogen (secondary N) is 1. The first kappa shape index (κ1) is 14.3. The highest BCUT2D eigenvalue weighted by Crippen LogP contribution is 2.27. The van der Waals surface area contributed by atoms with Gasteiger partial charge in [-0.05, 0) is 25.7 Å². The molecule has 2 atom stereocenters. The molecule has 0 aromatic heterocycles. The molecule has 1 aliphatic heterocycles. The van der Waals surface area contributed by atoms with Crippen LogP contribution < -0.4 is 5.32 Å². The number of nitrogens with zero attached hydrogens (tertiary/aromatic N) is 1. The third-order valence-electron chi connectivity index (χ3n) is 4.36. The topological polar surface area (TPSA) is 44.7 Å². The van der Waals surface area contributed by atoms with Crippen molar-refractivity contribution in [3.8, 4) is 0 Å². The average Bonchev–Trinajstić information content (AvgIpc) is 2.91. The molecule has 0 spiro atoms. The summed E-state index contributed by atoms with van der Waals surface area (Å²) in [5.41, 5.74) is 0. The van der Waals surface area contributed by atoms with Gasteiger partial charge in [-0.2, -0.15) is 0 Å². The second-order valence-corrected chi connectivity index (χ2v) is 5.81. The van der Waals surface area contributed by atoms with E-state index in [1.54, 1.807) is 0 Å². The zero-order chi connectivity index (χ0) is 12.8. The molecule has 18 heavy (non-hydrogen) atoms. The van der Waals surface area contributed by atoms with Crippen LogP contribution in [-0.2, 0) is 4.74 Å². The third-order valence-corrected chi connectivity index (χ3v) is 4.36. The van der Waals surface area contributed by atoms with E-state index in [4.69, 9.17) is 4.74 Å². The summed E-state index contributed by atoms with van der Waals surface area (Å²) in [5, 5.41) is 13.6. The number of hydrogen-bond acceptors (Lipinski definition) is 4. The smallest absolute Gasteiger partial charge is 0.0791 e. The Hall–Kier alpha value is -0.160. The van der Waals surface area contributed by atoms with E-state index >= 15 is 0 Å². The summed E-state index contributed by atoms with van der Waals surface area (Å²) in [6.07, 6.45) is 5.22. The second kappa shape index (κ2) is 7.43. The van der Waals surface area contributed by atoms with Gasteiger partial charge in [0.1, 0.15) is 0 Å². The number of morpholine rings is 1. The van der Waals surface area contributed by atoms with Crippen LogP contribution in [-0.4, -0.2) is 61.5 Å². The van der Waals surface area contributed by atoms with Crippen LogP contribution in [0.1, 0.15) is 32.6 Å². The summed E-state index contributed by atoms with van der Waals surface area (Å²) >= 11 is 0. The lowest BCUT2D eigenvalue weighted by atomic mass is 10.00. The Bertz CT molecular complexity index is 226. The van der Waals surface area contributed by atoms with E-state index in [0.717, 1.165) is 45.3 Å². The Kier molecular flexibility index (Phi) is 5.89. The predicted molar refractivity (Wildman–Crippen MR) is 72.7 cm³/mol. The number of aliphatic hydroxyl groups is 1. The molecular formula is C14H28N2O2. The molecule has 1 saturated heterocycles. The summed E-state index contributed by atoms with van der Waals surface area (Å²) in [7, 11) is 0. The van der Waals surface area contributed by atoms with Crippen LogP contribution in [0.3, 0.4) is 0 Å². The van der Waals surface area contributed by atoms with Crippen molar-refractivity contribution in [1.82, 2.24) is 10.2 Å². The fraction of sp³-hybridized carbons (Fsp3) is 1.00. The van der Waals surface area contributed by atoms with Gasteiger partial charge in [0.2, 0.25) is 0 Å². The highest BCUT2D eigenvalue weighted by molar-refractivity contribution is 4.79. The summed E-state index contributed by atoms with van der Waals surface area (Å²) in [6.45, 7) is 7.27. The van der Waals surface area contributed by atoms with Gasteiger partial charge < -0.3 is 15.2 Å². The van der Waals surface area contributed by atoms with Gasteiger partial charge in [0, 0.05) is 32.2 Å². The quantitative estimate of drug-likeness (QED) is 0.739. The Labute approximate surface area is 111 Å². The molecule has 2 fully saturated rings. The van der Waals surface area contributed by atoms with Gasteiger partial charge in [-0.25, -0.2) is 0 Å². The van der Waals surface area contributed by atoms with E-state index in [1.807, 2.05) is 0 Å². The minimum atomic E-state index is -0.257. The van der Waals surface area contributed by atoms with Crippen molar-refractivity contribution in [3.05, 3.63) is 0 Å². The average molecular weight is 256 g/mol. The molecule has 0 radical (unpaired) electrons. The lowest BCUT2D eigenvalue weighted by Crippen LogP contribution is -2.45. The monoisotopic (exact) mass is 256 g/mol. The number of rotatable bonds is 6. The second-order valence-electron chi connectivity index (χ2n) is 5.81. The van der Waals surface area contributed by atoms with Crippen molar-refractivity contribution in [3.63, 3.8) is 0 Å². The molecular weight excluding hydrogens is 228 g/mol. The van der Waals surface area contributed by atoms with Crippen molar-refractivity contribution >= 4 is 0 Å². The maximum atomic E-state index is 10.0. The van der Waals surface area contributed by atoms with E-state index in [9.17, 15) is 5.11 Å². The molecule has 0 aromatic carbocycles. The molecule has 106 valence electrons. The minimum Gasteiger partial charge on any atom is -0.390 e. The van der Waals surface area contributed by atoms with E-state index < -0.39 is 0 Å². The normalized spacial score (nSPS) is 26.3. The van der Waals surface area contributed by atoms with Crippen molar-refractivity contribution in [1.29, 1.82) is 0 Å². The first-order chi connectivity index (χ1) is 8.75. The molecule has 0 bridgehead atoms. The third kappa shape index (κ3) is 4.50. The molecule has 0 aromatic rings. The summed E-state index contributed by atoms with van der Waals surface area (Å²) < 4.78 is 5.31. The summed E-state index contributed by atoms with van der Waals surface area (Å²) in [4.78, 5) is 2.29. The van der Waals surface area contributed by atoms with E-state index in [-0.39, 0.29) is 6.10 Å². The van der Waals surface area contributed by atoms with Gasteiger partial charge >= 0.3 is 0 Å². The number of aliphatic hydroxyl groups excluding tert-OH is 1. The maximum Gasteiger partial charge on any atom is 0.0791 e. The lowest BCUT2D eigenvalue weighted by Gasteiger charge is -2.29. The SMILES string of the molecule is C[C@@H](NCC(O)CN1CCOCC1)C1CCCC1. The van der Waals surface area contributed by atoms with Crippen LogP contribution in [0.15, 0.2) is 0 Å². The highest BCUT2D eigenvalue weighted by atomic mass is 16.5. The molecule has 1 unspecified atom stereocenters. The minimum absolute atomic E-state index is 0.257. The number of β-amino-alcohol motifs (C(OH)–C–C–N with tert-alkyl or cyclic N) is 1. The van der Waals surface area contributed by atoms with Crippen molar-refractivity contribution in [2.75, 3.05) is 39.4 Å². The number of hydrogen-bond donors (Lipinski definition) is 2. The molecule has 1 heterocycles. The van der Waals surface area contributed by atoms with Gasteiger partial charge in [-0.1, -0.05) is 12.8 Å². The van der Waals surface area contributed by atoms with Crippen LogP contribution in [0.25, 0.3) is 0 Å². The van der Waals surface area contributed by atoms with Crippen molar-refractivity contribution < 1.29 is 9.84 Å². The highest BCUT2D eigenvalue weighted by Gasteiger charge is 2.22. The standard InChI is InChI=1S/C14H28N2O2/c1-12(13-4-2-3-5-13)15-10-14(17)11-16-6-8-18-9-7-16/h12-15,17H,2-11H2,1H3/t12-,14?/m1/s1. The van der Waals surface area contributed by atoms with Gasteiger partial charge in [-0.3, -0.25) is 4.90 Å². The number of ether oxygens (including phenoxy) is 1. The van der Waals surface area contributed by atoms with Crippen LogP contribution in [0.5, 0.6) is 0 Å². The van der Waals surface area contributed by atoms with Crippen LogP contribution >= 0.6 is 0 Å². The fourth-order valence-electron chi connectivity index (χ4n) is 3.09. The first-order valence-corrected chi connectivity index (χ1v) is 7.47. The van der Waals surface area contributed by atoms with Crippen LogP contribution in [0.2, 0.25) is 0 Å². The first-order valence-electron chi connectivity index (χ1n) is 7.47. The summed E-state index contributed by atoms with van der Waals surface area (Å²) in [6, 6.07) is 0.548. The van der Waals surface area contributed by atoms with E-state index in [0.29, 0.717) is 6.04 Å². The molecule has 1 aliphatic carbocycles. The summed E-state index contributed by atoms with van der Waals surface area (Å²) in [5.74, 6) is 0.820. The Balaban J connectivity index is 1.59. The largest absolute Gasteiger partial charge is 0.390 e. The molecule has 0 amide bonds. The molecule has 4 nitrogen and oxygen atoms in total. The molecule has 1 saturated carbocycles. The molecule has 2 N–H and O–H groups in total. The van der Waals surface area contributed by atoms with Gasteiger partial charge in [0.05, 0.1) is 19.3 Å². The van der Waals surface area contributed by atoms with Gasteiger partial charge in [-0.15, -0.1) is 0 Å². The molecule has 2 rings (SSSR count). The maximum absolute atomic E-state index is 10.0. The van der Waals surface area contributed by atoms with Crippen molar-refractivity contribution in [2.45, 2.75) is 44.8 Å². The Morgan fingerprint density at radius 2 is 1.94 bits per heavy atom. The predicted octanol–water partition coefficient (Wildman–Crippen LogP) is 0.848. The lowest BCUT2D eigenvalue weighted by molar-refractivity contribution is 0.0142. The van der Waals surface area contributed by atoms with Gasteiger partial charge in [0.25, 0.3) is 0 Å². The zero-order valence-electron chi connectivity index (χ0n) is 11.6. The van der Waals surface area contributed by atoms with Crippen LogP contribution in [0, 0.1) is 5.92 Å². The molecule has 4 heteroatoms. The fourth-order valence-corrected chi connectivity index (χ4v) is 3.09. The van der Waals surface area contributed by atoms with Crippen LogP contribution in [0.4, 0.5) is 0 Å².